The molecule has 0 fully saturated rings. The lowest BCUT2D eigenvalue weighted by atomic mass is 10.1. The molecule has 0 aliphatic rings. The van der Waals surface area contributed by atoms with Gasteiger partial charge in [0, 0.05) is 5.56 Å². The van der Waals surface area contributed by atoms with Crippen molar-refractivity contribution in [2.75, 3.05) is 7.11 Å². The third kappa shape index (κ3) is 2.36. The molecule has 0 aliphatic carbocycles. The molecule has 16 heavy (non-hydrogen) atoms. The van der Waals surface area contributed by atoms with E-state index in [-0.39, 0.29) is 16.9 Å². The molecule has 1 aromatic carbocycles. The molecule has 1 amide bonds. The van der Waals surface area contributed by atoms with Gasteiger partial charge in [-0.15, -0.1) is 0 Å². The molecule has 0 aliphatic heterocycles. The van der Waals surface area contributed by atoms with Crippen LogP contribution in [0, 0.1) is 17.1 Å². The van der Waals surface area contributed by atoms with Gasteiger partial charge in [-0.1, -0.05) is 12.1 Å². The first-order valence-corrected chi connectivity index (χ1v) is 4.34. The normalized spacial score (nSPS) is 10.7. The molecule has 0 bridgehead atoms. The lowest BCUT2D eigenvalue weighted by Crippen LogP contribution is -2.12. The van der Waals surface area contributed by atoms with Gasteiger partial charge in [-0.05, 0) is 12.1 Å². The zero-order valence-electron chi connectivity index (χ0n) is 8.53. The Morgan fingerprint density at radius 1 is 1.62 bits per heavy atom. The molecule has 2 N–H and O–H groups in total. The zero-order valence-corrected chi connectivity index (χ0v) is 8.53. The van der Waals surface area contributed by atoms with E-state index < -0.39 is 11.7 Å². The van der Waals surface area contributed by atoms with Crippen molar-refractivity contribution in [3.8, 4) is 11.8 Å². The molecule has 82 valence electrons. The van der Waals surface area contributed by atoms with Crippen LogP contribution in [0.25, 0.3) is 6.08 Å². The second-order valence-corrected chi connectivity index (χ2v) is 2.90. The number of carbonyl (C=O) groups is 1. The van der Waals surface area contributed by atoms with E-state index in [1.165, 1.54) is 31.4 Å². The van der Waals surface area contributed by atoms with Crippen LogP contribution in [-0.2, 0) is 4.79 Å². The van der Waals surface area contributed by atoms with Crippen molar-refractivity contribution in [1.29, 1.82) is 5.26 Å². The third-order valence-corrected chi connectivity index (χ3v) is 1.89. The molecular formula is C11H9FN2O2. The molecular weight excluding hydrogens is 211 g/mol. The first-order chi connectivity index (χ1) is 7.60. The van der Waals surface area contributed by atoms with Gasteiger partial charge in [0.05, 0.1) is 7.11 Å². The Balaban J connectivity index is 3.30. The predicted octanol–water partition coefficient (Wildman–Crippen LogP) is 1.23. The Labute approximate surface area is 91.7 Å². The van der Waals surface area contributed by atoms with Gasteiger partial charge in [-0.3, -0.25) is 4.79 Å². The molecule has 0 saturated carbocycles. The number of rotatable bonds is 3. The number of amides is 1. The summed E-state index contributed by atoms with van der Waals surface area (Å²) in [6.45, 7) is 0. The molecule has 4 nitrogen and oxygen atoms in total. The Bertz CT molecular complexity index is 489. The molecule has 0 spiro atoms. The van der Waals surface area contributed by atoms with Gasteiger partial charge >= 0.3 is 0 Å². The van der Waals surface area contributed by atoms with E-state index >= 15 is 0 Å². The number of nitrogens with zero attached hydrogens (tertiary/aromatic N) is 1. The lowest BCUT2D eigenvalue weighted by molar-refractivity contribution is -0.114. The van der Waals surface area contributed by atoms with E-state index in [2.05, 4.69) is 0 Å². The molecule has 0 heterocycles. The summed E-state index contributed by atoms with van der Waals surface area (Å²) < 4.78 is 18.1. The highest BCUT2D eigenvalue weighted by atomic mass is 19.1. The second kappa shape index (κ2) is 4.94. The van der Waals surface area contributed by atoms with Crippen molar-refractivity contribution in [1.82, 2.24) is 0 Å². The SMILES string of the molecule is COc1c(F)cccc1/C=C(\C#N)C(N)=O. The molecule has 0 aromatic heterocycles. The Kier molecular flexibility index (Phi) is 3.62. The molecule has 1 rings (SSSR count). The van der Waals surface area contributed by atoms with Crippen molar-refractivity contribution in [2.24, 2.45) is 5.73 Å². The maximum absolute atomic E-state index is 13.3. The fourth-order valence-corrected chi connectivity index (χ4v) is 1.17. The summed E-state index contributed by atoms with van der Waals surface area (Å²) in [5.74, 6) is -1.47. The van der Waals surface area contributed by atoms with Crippen LogP contribution in [0.5, 0.6) is 5.75 Å². The zero-order chi connectivity index (χ0) is 12.1. The van der Waals surface area contributed by atoms with Crippen LogP contribution < -0.4 is 10.5 Å². The minimum absolute atomic E-state index is 0.0310. The predicted molar refractivity (Wildman–Crippen MR) is 55.7 cm³/mol. The van der Waals surface area contributed by atoms with Gasteiger partial charge in [0.15, 0.2) is 11.6 Å². The quantitative estimate of drug-likeness (QED) is 0.614. The molecule has 0 radical (unpaired) electrons. The van der Waals surface area contributed by atoms with Crippen LogP contribution in [0.2, 0.25) is 0 Å². The number of hydrogen-bond donors (Lipinski definition) is 1. The summed E-state index contributed by atoms with van der Waals surface area (Å²) in [7, 11) is 1.30. The molecule has 0 atom stereocenters. The first-order valence-electron chi connectivity index (χ1n) is 4.34. The standard InChI is InChI=1S/C11H9FN2O2/c1-16-10-7(3-2-4-9(10)12)5-8(6-13)11(14)15/h2-5H,1H3,(H2,14,15)/b8-5+. The molecule has 0 unspecified atom stereocenters. The fraction of sp³-hybridized carbons (Fsp3) is 0.0909. The largest absolute Gasteiger partial charge is 0.493 e. The second-order valence-electron chi connectivity index (χ2n) is 2.90. The van der Waals surface area contributed by atoms with E-state index in [1.807, 2.05) is 0 Å². The monoisotopic (exact) mass is 220 g/mol. The Morgan fingerprint density at radius 2 is 2.31 bits per heavy atom. The van der Waals surface area contributed by atoms with Gasteiger partial charge in [0.2, 0.25) is 0 Å². The average molecular weight is 220 g/mol. The number of nitriles is 1. The number of primary amides is 1. The van der Waals surface area contributed by atoms with Gasteiger partial charge in [-0.25, -0.2) is 4.39 Å². The van der Waals surface area contributed by atoms with Crippen LogP contribution in [-0.4, -0.2) is 13.0 Å². The Hall–Kier alpha value is -2.35. The van der Waals surface area contributed by atoms with E-state index in [1.54, 1.807) is 6.07 Å². The number of benzene rings is 1. The van der Waals surface area contributed by atoms with Gasteiger partial charge < -0.3 is 10.5 Å². The summed E-state index contributed by atoms with van der Waals surface area (Å²) in [5.41, 5.74) is 4.99. The van der Waals surface area contributed by atoms with E-state index in [0.29, 0.717) is 0 Å². The minimum atomic E-state index is -0.867. The van der Waals surface area contributed by atoms with Crippen LogP contribution >= 0.6 is 0 Å². The number of para-hydroxylation sites is 1. The van der Waals surface area contributed by atoms with Crippen molar-refractivity contribution < 1.29 is 13.9 Å². The average Bonchev–Trinajstić information content (AvgIpc) is 2.25. The van der Waals surface area contributed by atoms with Gasteiger partial charge in [0.1, 0.15) is 11.6 Å². The molecule has 5 heteroatoms. The highest BCUT2D eigenvalue weighted by Crippen LogP contribution is 2.24. The molecule has 1 aromatic rings. The van der Waals surface area contributed by atoms with Crippen molar-refractivity contribution in [2.45, 2.75) is 0 Å². The van der Waals surface area contributed by atoms with Crippen LogP contribution in [0.4, 0.5) is 4.39 Å². The summed E-state index contributed by atoms with van der Waals surface area (Å²) in [4.78, 5) is 10.8. The molecule has 0 saturated heterocycles. The van der Waals surface area contributed by atoms with E-state index in [0.717, 1.165) is 0 Å². The summed E-state index contributed by atoms with van der Waals surface area (Å²) in [6, 6.07) is 5.80. The van der Waals surface area contributed by atoms with E-state index in [4.69, 9.17) is 15.7 Å². The van der Waals surface area contributed by atoms with Crippen molar-refractivity contribution >= 4 is 12.0 Å². The fourth-order valence-electron chi connectivity index (χ4n) is 1.17. The van der Waals surface area contributed by atoms with Gasteiger partial charge in [-0.2, -0.15) is 5.26 Å². The lowest BCUT2D eigenvalue weighted by Gasteiger charge is -2.05. The number of halogens is 1. The maximum atomic E-state index is 13.3. The smallest absolute Gasteiger partial charge is 0.259 e. The minimum Gasteiger partial charge on any atom is -0.493 e. The number of methoxy groups -OCH3 is 1. The topological polar surface area (TPSA) is 76.1 Å². The van der Waals surface area contributed by atoms with Crippen LogP contribution in [0.15, 0.2) is 23.8 Å². The van der Waals surface area contributed by atoms with Crippen LogP contribution in [0.1, 0.15) is 5.56 Å². The van der Waals surface area contributed by atoms with Crippen molar-refractivity contribution in [3.05, 3.63) is 35.2 Å². The third-order valence-electron chi connectivity index (χ3n) is 1.89. The summed E-state index contributed by atoms with van der Waals surface area (Å²) in [6.07, 6.45) is 1.18. The number of nitrogens with two attached hydrogens (primary N) is 1. The number of ether oxygens (including phenoxy) is 1. The van der Waals surface area contributed by atoms with Crippen molar-refractivity contribution in [3.63, 3.8) is 0 Å². The number of hydrogen-bond acceptors (Lipinski definition) is 3. The van der Waals surface area contributed by atoms with Crippen LogP contribution in [0.3, 0.4) is 0 Å². The van der Waals surface area contributed by atoms with E-state index in [9.17, 15) is 9.18 Å². The Morgan fingerprint density at radius 3 is 2.81 bits per heavy atom. The summed E-state index contributed by atoms with van der Waals surface area (Å²) >= 11 is 0. The van der Waals surface area contributed by atoms with Gasteiger partial charge in [0.25, 0.3) is 5.91 Å². The highest BCUT2D eigenvalue weighted by Gasteiger charge is 2.09. The highest BCUT2D eigenvalue weighted by molar-refractivity contribution is 6.00. The maximum Gasteiger partial charge on any atom is 0.259 e. The number of carbonyl (C=O) groups excluding carboxylic acids is 1. The first kappa shape index (κ1) is 11.7. The summed E-state index contributed by atoms with van der Waals surface area (Å²) in [5, 5.41) is 8.64.